The van der Waals surface area contributed by atoms with Crippen molar-refractivity contribution >= 4 is 39.6 Å². The Balaban J connectivity index is 2.32. The molecule has 1 aromatic heterocycles. The fourth-order valence-electron chi connectivity index (χ4n) is 1.42. The highest BCUT2D eigenvalue weighted by Crippen LogP contribution is 2.28. The van der Waals surface area contributed by atoms with Gasteiger partial charge in [0.1, 0.15) is 6.29 Å². The summed E-state index contributed by atoms with van der Waals surface area (Å²) in [6.45, 7) is 0. The third-order valence-corrected chi connectivity index (χ3v) is 4.16. The number of rotatable bonds is 4. The van der Waals surface area contributed by atoms with Gasteiger partial charge in [0.25, 0.3) is 0 Å². The summed E-state index contributed by atoms with van der Waals surface area (Å²) in [5.74, 6) is 0. The molecular weight excluding hydrogens is 226 g/mol. The van der Waals surface area contributed by atoms with Crippen LogP contribution in [0, 0.1) is 0 Å². The molecule has 0 atom stereocenters. The molecule has 0 aliphatic carbocycles. The lowest BCUT2D eigenvalue weighted by Crippen LogP contribution is -1.84. The number of hydrogen-bond acceptors (Lipinski definition) is 4. The summed E-state index contributed by atoms with van der Waals surface area (Å²) in [5, 5.41) is 0. The maximum absolute atomic E-state index is 10.3. The topological polar surface area (TPSA) is 30.0 Å². The predicted molar refractivity (Wildman–Crippen MR) is 65.8 cm³/mol. The molecule has 0 bridgehead atoms. The highest BCUT2D eigenvalue weighted by molar-refractivity contribution is 8.00. The molecule has 1 heterocycles. The van der Waals surface area contributed by atoms with Crippen LogP contribution in [0.25, 0.3) is 10.2 Å². The van der Waals surface area contributed by atoms with Crippen LogP contribution < -0.4 is 0 Å². The molecule has 15 heavy (non-hydrogen) atoms. The zero-order valence-corrected chi connectivity index (χ0v) is 10.0. The highest BCUT2D eigenvalue weighted by atomic mass is 32.2. The van der Waals surface area contributed by atoms with Gasteiger partial charge in [0.15, 0.2) is 4.34 Å². The van der Waals surface area contributed by atoms with Gasteiger partial charge in [-0.05, 0) is 30.4 Å². The second-order valence-corrected chi connectivity index (χ2v) is 5.28. The van der Waals surface area contributed by atoms with Gasteiger partial charge in [-0.25, -0.2) is 4.98 Å². The first-order valence-electron chi connectivity index (χ1n) is 4.70. The largest absolute Gasteiger partial charge is 0.303 e. The van der Waals surface area contributed by atoms with Gasteiger partial charge in [-0.2, -0.15) is 0 Å². The van der Waals surface area contributed by atoms with Crippen LogP contribution in [0.5, 0.6) is 0 Å². The summed E-state index contributed by atoms with van der Waals surface area (Å²) < 4.78 is 2.31. The Morgan fingerprint density at radius 2 is 2.40 bits per heavy atom. The lowest BCUT2D eigenvalue weighted by Gasteiger charge is -1.96. The standard InChI is InChI=1S/C11H11NOS2/c1-14-11-12-9-5-4-8(3-2-6-13)7-10(9)15-11/h4-7H,2-3H2,1H3. The molecule has 0 aliphatic heterocycles. The van der Waals surface area contributed by atoms with Crippen molar-refractivity contribution in [1.29, 1.82) is 0 Å². The number of carbonyl (C=O) groups excluding carboxylic acids is 1. The first-order valence-corrected chi connectivity index (χ1v) is 6.74. The quantitative estimate of drug-likeness (QED) is 0.604. The molecular formula is C11H11NOS2. The maximum Gasteiger partial charge on any atom is 0.150 e. The molecule has 0 amide bonds. The lowest BCUT2D eigenvalue weighted by molar-refractivity contribution is -0.107. The molecule has 0 spiro atoms. The molecule has 0 saturated heterocycles. The van der Waals surface area contributed by atoms with E-state index in [1.54, 1.807) is 23.1 Å². The Labute approximate surface area is 96.7 Å². The minimum absolute atomic E-state index is 0.597. The van der Waals surface area contributed by atoms with Crippen LogP contribution in [-0.4, -0.2) is 17.5 Å². The zero-order valence-electron chi connectivity index (χ0n) is 8.40. The van der Waals surface area contributed by atoms with Crippen LogP contribution in [0.1, 0.15) is 12.0 Å². The summed E-state index contributed by atoms with van der Waals surface area (Å²) in [6, 6.07) is 6.22. The SMILES string of the molecule is CSc1nc2ccc(CCC=O)cc2s1. The Morgan fingerprint density at radius 3 is 3.13 bits per heavy atom. The monoisotopic (exact) mass is 237 g/mol. The second-order valence-electron chi connectivity index (χ2n) is 3.19. The Hall–Kier alpha value is -0.870. The highest BCUT2D eigenvalue weighted by Gasteiger charge is 2.03. The van der Waals surface area contributed by atoms with Crippen LogP contribution in [0.4, 0.5) is 0 Å². The van der Waals surface area contributed by atoms with Crippen molar-refractivity contribution in [3.8, 4) is 0 Å². The van der Waals surface area contributed by atoms with E-state index in [1.165, 1.54) is 10.3 Å². The van der Waals surface area contributed by atoms with E-state index in [9.17, 15) is 4.79 Å². The smallest absolute Gasteiger partial charge is 0.150 e. The van der Waals surface area contributed by atoms with Crippen molar-refractivity contribution in [2.24, 2.45) is 0 Å². The van der Waals surface area contributed by atoms with E-state index >= 15 is 0 Å². The van der Waals surface area contributed by atoms with Crippen molar-refractivity contribution in [2.75, 3.05) is 6.26 Å². The van der Waals surface area contributed by atoms with E-state index < -0.39 is 0 Å². The van der Waals surface area contributed by atoms with E-state index in [2.05, 4.69) is 17.1 Å². The third-order valence-electron chi connectivity index (χ3n) is 2.16. The number of carbonyl (C=O) groups is 1. The Bertz CT molecular complexity index is 478. The van der Waals surface area contributed by atoms with Gasteiger partial charge in [-0.15, -0.1) is 11.3 Å². The van der Waals surface area contributed by atoms with Crippen molar-refractivity contribution in [1.82, 2.24) is 4.98 Å². The normalized spacial score (nSPS) is 10.7. The molecule has 2 nitrogen and oxygen atoms in total. The van der Waals surface area contributed by atoms with E-state index in [1.807, 2.05) is 12.3 Å². The van der Waals surface area contributed by atoms with Gasteiger partial charge >= 0.3 is 0 Å². The maximum atomic E-state index is 10.3. The second kappa shape index (κ2) is 4.77. The Kier molecular flexibility index (Phi) is 3.38. The summed E-state index contributed by atoms with van der Waals surface area (Å²) in [5.41, 5.74) is 2.27. The molecule has 0 N–H and O–H groups in total. The van der Waals surface area contributed by atoms with Gasteiger partial charge in [-0.1, -0.05) is 17.8 Å². The average Bonchev–Trinajstić information content (AvgIpc) is 2.68. The van der Waals surface area contributed by atoms with Gasteiger partial charge in [0.05, 0.1) is 10.2 Å². The van der Waals surface area contributed by atoms with E-state index in [-0.39, 0.29) is 0 Å². The molecule has 0 unspecified atom stereocenters. The molecule has 1 aromatic carbocycles. The number of aryl methyl sites for hydroxylation is 1. The molecule has 0 aliphatic rings. The number of thiazole rings is 1. The van der Waals surface area contributed by atoms with Crippen LogP contribution in [0.15, 0.2) is 22.5 Å². The van der Waals surface area contributed by atoms with Crippen LogP contribution in [0.2, 0.25) is 0 Å². The number of benzene rings is 1. The van der Waals surface area contributed by atoms with Gasteiger partial charge in [0, 0.05) is 6.42 Å². The number of nitrogens with zero attached hydrogens (tertiary/aromatic N) is 1. The summed E-state index contributed by atoms with van der Waals surface area (Å²) in [6.07, 6.45) is 4.42. The molecule has 0 radical (unpaired) electrons. The van der Waals surface area contributed by atoms with Crippen LogP contribution >= 0.6 is 23.1 Å². The average molecular weight is 237 g/mol. The van der Waals surface area contributed by atoms with Gasteiger partial charge in [-0.3, -0.25) is 0 Å². The molecule has 78 valence electrons. The molecule has 0 fully saturated rings. The van der Waals surface area contributed by atoms with Crippen molar-refractivity contribution in [3.05, 3.63) is 23.8 Å². The first-order chi connectivity index (χ1) is 7.33. The fraction of sp³-hybridized carbons (Fsp3) is 0.273. The van der Waals surface area contributed by atoms with Crippen molar-refractivity contribution in [2.45, 2.75) is 17.2 Å². The number of aromatic nitrogens is 1. The molecule has 2 rings (SSSR count). The minimum atomic E-state index is 0.597. The first kappa shape index (κ1) is 10.6. The van der Waals surface area contributed by atoms with Crippen LogP contribution in [0.3, 0.4) is 0 Å². The predicted octanol–water partition coefficient (Wildman–Crippen LogP) is 3.15. The Morgan fingerprint density at radius 1 is 1.53 bits per heavy atom. The van der Waals surface area contributed by atoms with Gasteiger partial charge in [0.2, 0.25) is 0 Å². The van der Waals surface area contributed by atoms with Gasteiger partial charge < -0.3 is 4.79 Å². The zero-order chi connectivity index (χ0) is 10.7. The lowest BCUT2D eigenvalue weighted by atomic mass is 10.1. The molecule has 0 saturated carbocycles. The summed E-state index contributed by atoms with van der Waals surface area (Å²) in [4.78, 5) is 14.7. The number of fused-ring (bicyclic) bond motifs is 1. The third kappa shape index (κ3) is 2.38. The van der Waals surface area contributed by atoms with Crippen LogP contribution in [-0.2, 0) is 11.2 Å². The van der Waals surface area contributed by atoms with Crippen molar-refractivity contribution < 1.29 is 4.79 Å². The number of thioether (sulfide) groups is 1. The van der Waals surface area contributed by atoms with E-state index in [0.29, 0.717) is 6.42 Å². The van der Waals surface area contributed by atoms with E-state index in [0.717, 1.165) is 22.6 Å². The van der Waals surface area contributed by atoms with Crippen molar-refractivity contribution in [3.63, 3.8) is 0 Å². The summed E-state index contributed by atoms with van der Waals surface area (Å²) >= 11 is 3.38. The molecule has 2 aromatic rings. The number of aldehydes is 1. The number of hydrogen-bond donors (Lipinski definition) is 0. The fourth-order valence-corrected chi connectivity index (χ4v) is 2.97. The van der Waals surface area contributed by atoms with E-state index in [4.69, 9.17) is 0 Å². The summed E-state index contributed by atoms with van der Waals surface area (Å²) in [7, 11) is 0. The minimum Gasteiger partial charge on any atom is -0.303 e. The molecule has 4 heteroatoms.